The van der Waals surface area contributed by atoms with Gasteiger partial charge in [0.2, 0.25) is 5.91 Å². The molecule has 3 rings (SSSR count). The molecule has 2 fully saturated rings. The number of rotatable bonds is 3. The number of nitrogens with zero attached hydrogens (tertiary/aromatic N) is 1. The molecule has 1 spiro atoms. The van der Waals surface area contributed by atoms with Gasteiger partial charge in [-0.25, -0.2) is 4.79 Å². The quantitative estimate of drug-likeness (QED) is 0.577. The molecule has 1 aliphatic heterocycles. The first-order chi connectivity index (χ1) is 11.8. The Balaban J connectivity index is 1.71. The molecule has 134 valence electrons. The Kier molecular flexibility index (Phi) is 4.41. The predicted octanol–water partition coefficient (Wildman–Crippen LogP) is 2.14. The van der Waals surface area contributed by atoms with Gasteiger partial charge in [0.15, 0.2) is 0 Å². The predicted molar refractivity (Wildman–Crippen MR) is 92.1 cm³/mol. The van der Waals surface area contributed by atoms with Crippen LogP contribution in [0.3, 0.4) is 0 Å². The number of amides is 4. The number of anilines is 1. The van der Waals surface area contributed by atoms with Crippen LogP contribution in [-0.2, 0) is 9.59 Å². The number of hydrogen-bond donors (Lipinski definition) is 3. The third-order valence-electron chi connectivity index (χ3n) is 5.23. The van der Waals surface area contributed by atoms with Crippen molar-refractivity contribution in [2.75, 3.05) is 11.9 Å². The number of urea groups is 1. The summed E-state index contributed by atoms with van der Waals surface area (Å²) in [5, 5.41) is 15.2. The largest absolute Gasteiger partial charge is 0.506 e. The molecule has 1 aromatic carbocycles. The summed E-state index contributed by atoms with van der Waals surface area (Å²) in [5.41, 5.74) is 0.239. The second-order valence-corrected chi connectivity index (χ2v) is 7.01. The van der Waals surface area contributed by atoms with E-state index in [0.29, 0.717) is 6.42 Å². The molecule has 7 nitrogen and oxygen atoms in total. The molecule has 1 aromatic rings. The van der Waals surface area contributed by atoms with Crippen LogP contribution in [0.5, 0.6) is 5.75 Å². The lowest BCUT2D eigenvalue weighted by atomic mass is 9.73. The normalized spacial score (nSPS) is 26.0. The van der Waals surface area contributed by atoms with Gasteiger partial charge in [-0.15, -0.1) is 0 Å². The second kappa shape index (κ2) is 6.38. The third-order valence-corrected chi connectivity index (χ3v) is 5.23. The van der Waals surface area contributed by atoms with Crippen molar-refractivity contribution in [2.45, 2.75) is 45.1 Å². The number of imide groups is 1. The number of aromatic hydroxyl groups is 1. The van der Waals surface area contributed by atoms with Gasteiger partial charge in [-0.05, 0) is 43.4 Å². The maximum absolute atomic E-state index is 12.8. The highest BCUT2D eigenvalue weighted by Crippen LogP contribution is 2.38. The van der Waals surface area contributed by atoms with E-state index in [0.717, 1.165) is 29.7 Å². The Labute approximate surface area is 146 Å². The Morgan fingerprint density at radius 3 is 2.84 bits per heavy atom. The Morgan fingerprint density at radius 1 is 1.40 bits per heavy atom. The Bertz CT molecular complexity index is 733. The molecule has 2 unspecified atom stereocenters. The molecule has 25 heavy (non-hydrogen) atoms. The lowest BCUT2D eigenvalue weighted by molar-refractivity contribution is -0.136. The van der Waals surface area contributed by atoms with E-state index in [2.05, 4.69) is 10.6 Å². The SMILES string of the molecule is Cc1ccc(NC(=O)CN2C(=O)NC3(CCCCC3C)C2=O)c(O)c1. The molecule has 3 N–H and O–H groups in total. The number of carbonyl (C=O) groups is 3. The zero-order valence-electron chi connectivity index (χ0n) is 14.5. The fraction of sp³-hybridized carbons (Fsp3) is 0.500. The van der Waals surface area contributed by atoms with Gasteiger partial charge in [0.25, 0.3) is 5.91 Å². The smallest absolute Gasteiger partial charge is 0.325 e. The van der Waals surface area contributed by atoms with Crippen LogP contribution in [0, 0.1) is 12.8 Å². The molecule has 2 atom stereocenters. The fourth-order valence-electron chi connectivity index (χ4n) is 3.72. The minimum absolute atomic E-state index is 0.0481. The topological polar surface area (TPSA) is 98.7 Å². The highest BCUT2D eigenvalue weighted by Gasteiger charge is 2.55. The van der Waals surface area contributed by atoms with E-state index in [4.69, 9.17) is 0 Å². The van der Waals surface area contributed by atoms with E-state index in [1.165, 1.54) is 6.07 Å². The summed E-state index contributed by atoms with van der Waals surface area (Å²) in [6.07, 6.45) is 3.41. The Hall–Kier alpha value is -2.57. The van der Waals surface area contributed by atoms with Crippen molar-refractivity contribution < 1.29 is 19.5 Å². The molecular formula is C18H23N3O4. The summed E-state index contributed by atoms with van der Waals surface area (Å²) in [7, 11) is 0. The van der Waals surface area contributed by atoms with Crippen LogP contribution in [0.25, 0.3) is 0 Å². The Morgan fingerprint density at radius 2 is 2.16 bits per heavy atom. The number of benzene rings is 1. The summed E-state index contributed by atoms with van der Waals surface area (Å²) >= 11 is 0. The summed E-state index contributed by atoms with van der Waals surface area (Å²) in [5.74, 6) is -0.856. The average Bonchev–Trinajstić information content (AvgIpc) is 2.78. The van der Waals surface area contributed by atoms with Crippen molar-refractivity contribution in [3.8, 4) is 5.75 Å². The van der Waals surface area contributed by atoms with Crippen molar-refractivity contribution in [2.24, 2.45) is 5.92 Å². The van der Waals surface area contributed by atoms with Crippen LogP contribution in [0.2, 0.25) is 0 Å². The minimum atomic E-state index is -0.873. The van der Waals surface area contributed by atoms with Crippen molar-refractivity contribution in [3.63, 3.8) is 0 Å². The maximum Gasteiger partial charge on any atom is 0.325 e. The van der Waals surface area contributed by atoms with Crippen LogP contribution >= 0.6 is 0 Å². The van der Waals surface area contributed by atoms with Crippen molar-refractivity contribution in [1.29, 1.82) is 0 Å². The molecule has 1 aliphatic carbocycles. The maximum atomic E-state index is 12.8. The number of hydrogen-bond acceptors (Lipinski definition) is 4. The first-order valence-electron chi connectivity index (χ1n) is 8.57. The summed E-state index contributed by atoms with van der Waals surface area (Å²) in [6.45, 7) is 3.42. The molecule has 4 amide bonds. The first-order valence-corrected chi connectivity index (χ1v) is 8.57. The van der Waals surface area contributed by atoms with Crippen LogP contribution in [0.15, 0.2) is 18.2 Å². The summed E-state index contributed by atoms with van der Waals surface area (Å²) in [4.78, 5) is 38.3. The summed E-state index contributed by atoms with van der Waals surface area (Å²) < 4.78 is 0. The number of nitrogens with one attached hydrogen (secondary N) is 2. The van der Waals surface area contributed by atoms with Crippen molar-refractivity contribution in [3.05, 3.63) is 23.8 Å². The highest BCUT2D eigenvalue weighted by molar-refractivity contribution is 6.10. The van der Waals surface area contributed by atoms with Gasteiger partial charge >= 0.3 is 6.03 Å². The summed E-state index contributed by atoms with van der Waals surface area (Å²) in [6, 6.07) is 4.34. The molecule has 0 bridgehead atoms. The second-order valence-electron chi connectivity index (χ2n) is 7.01. The lowest BCUT2D eigenvalue weighted by Gasteiger charge is -2.36. The van der Waals surface area contributed by atoms with Gasteiger partial charge in [0.05, 0.1) is 5.69 Å². The van der Waals surface area contributed by atoms with E-state index in [-0.39, 0.29) is 29.8 Å². The molecule has 7 heteroatoms. The van der Waals surface area contributed by atoms with Gasteiger partial charge in [-0.1, -0.05) is 25.8 Å². The zero-order chi connectivity index (χ0) is 18.2. The molecule has 1 saturated carbocycles. The van der Waals surface area contributed by atoms with Crippen molar-refractivity contribution >= 4 is 23.5 Å². The molecule has 2 aliphatic rings. The van der Waals surface area contributed by atoms with Gasteiger partial charge in [-0.2, -0.15) is 0 Å². The monoisotopic (exact) mass is 345 g/mol. The van der Waals surface area contributed by atoms with Gasteiger partial charge < -0.3 is 15.7 Å². The first kappa shape index (κ1) is 17.3. The number of phenols is 1. The number of carbonyl (C=O) groups excluding carboxylic acids is 3. The van der Waals surface area contributed by atoms with Crippen LogP contribution < -0.4 is 10.6 Å². The molecular weight excluding hydrogens is 322 g/mol. The van der Waals surface area contributed by atoms with Crippen LogP contribution in [0.1, 0.15) is 38.2 Å². The standard InChI is InChI=1S/C18H23N3O4/c1-11-6-7-13(14(22)9-11)19-15(23)10-21-16(24)18(20-17(21)25)8-4-3-5-12(18)2/h6-7,9,12,22H,3-5,8,10H2,1-2H3,(H,19,23)(H,20,25). The third kappa shape index (κ3) is 3.06. The number of aryl methyl sites for hydroxylation is 1. The highest BCUT2D eigenvalue weighted by atomic mass is 16.3. The average molecular weight is 345 g/mol. The molecule has 0 aromatic heterocycles. The van der Waals surface area contributed by atoms with E-state index in [9.17, 15) is 19.5 Å². The molecule has 1 saturated heterocycles. The van der Waals surface area contributed by atoms with Crippen LogP contribution in [0.4, 0.5) is 10.5 Å². The van der Waals surface area contributed by atoms with E-state index in [1.807, 2.05) is 13.8 Å². The lowest BCUT2D eigenvalue weighted by Crippen LogP contribution is -2.54. The van der Waals surface area contributed by atoms with Gasteiger partial charge in [0.1, 0.15) is 17.8 Å². The van der Waals surface area contributed by atoms with E-state index in [1.54, 1.807) is 12.1 Å². The molecule has 1 heterocycles. The van der Waals surface area contributed by atoms with E-state index < -0.39 is 17.5 Å². The van der Waals surface area contributed by atoms with Crippen molar-refractivity contribution in [1.82, 2.24) is 10.2 Å². The molecule has 0 radical (unpaired) electrons. The fourth-order valence-corrected chi connectivity index (χ4v) is 3.72. The minimum Gasteiger partial charge on any atom is -0.506 e. The van der Waals surface area contributed by atoms with Crippen LogP contribution in [-0.4, -0.2) is 39.9 Å². The van der Waals surface area contributed by atoms with E-state index >= 15 is 0 Å². The zero-order valence-corrected chi connectivity index (χ0v) is 14.5. The van der Waals surface area contributed by atoms with Gasteiger partial charge in [-0.3, -0.25) is 14.5 Å². The number of phenolic OH excluding ortho intramolecular Hbond substituents is 1. The van der Waals surface area contributed by atoms with Gasteiger partial charge in [0, 0.05) is 0 Å².